The summed E-state index contributed by atoms with van der Waals surface area (Å²) in [4.78, 5) is 39.5. The molecule has 1 aliphatic rings. The number of rotatable bonds is 6. The molecular formula is C31H23ClN2O4. The van der Waals surface area contributed by atoms with E-state index in [9.17, 15) is 14.4 Å². The maximum atomic E-state index is 13.1. The van der Waals surface area contributed by atoms with Crippen molar-refractivity contribution in [2.45, 2.75) is 13.8 Å². The van der Waals surface area contributed by atoms with Crippen LogP contribution in [0.3, 0.4) is 0 Å². The minimum atomic E-state index is -0.595. The van der Waals surface area contributed by atoms with E-state index in [-0.39, 0.29) is 10.7 Å². The molecule has 0 aromatic heterocycles. The summed E-state index contributed by atoms with van der Waals surface area (Å²) in [6.07, 6.45) is 0. The van der Waals surface area contributed by atoms with Gasteiger partial charge < -0.3 is 10.1 Å². The lowest BCUT2D eigenvalue weighted by Crippen LogP contribution is -2.32. The molecule has 188 valence electrons. The molecular weight excluding hydrogens is 500 g/mol. The van der Waals surface area contributed by atoms with Gasteiger partial charge in [0.1, 0.15) is 16.5 Å². The maximum absolute atomic E-state index is 13.1. The molecule has 0 saturated carbocycles. The number of hydrogen-bond acceptors (Lipinski definition) is 5. The van der Waals surface area contributed by atoms with E-state index in [1.54, 1.807) is 48.5 Å². The second kappa shape index (κ2) is 10.4. The van der Waals surface area contributed by atoms with Gasteiger partial charge in [-0.05, 0) is 84.6 Å². The Labute approximate surface area is 225 Å². The summed E-state index contributed by atoms with van der Waals surface area (Å²) in [5.74, 6) is -1.24. The van der Waals surface area contributed by atoms with Crippen LogP contribution in [-0.2, 0) is 9.59 Å². The molecule has 0 radical (unpaired) electrons. The Hall–Kier alpha value is -4.68. The average molecular weight is 523 g/mol. The van der Waals surface area contributed by atoms with Crippen LogP contribution < -0.4 is 15.0 Å². The fourth-order valence-corrected chi connectivity index (χ4v) is 4.48. The van der Waals surface area contributed by atoms with Gasteiger partial charge in [-0.15, -0.1) is 0 Å². The number of anilines is 2. The first-order valence-electron chi connectivity index (χ1n) is 11.9. The van der Waals surface area contributed by atoms with Gasteiger partial charge in [-0.25, -0.2) is 9.69 Å². The van der Waals surface area contributed by atoms with E-state index in [0.717, 1.165) is 27.2 Å². The Balaban J connectivity index is 1.26. The highest BCUT2D eigenvalue weighted by atomic mass is 35.5. The monoisotopic (exact) mass is 522 g/mol. The number of carbonyl (C=O) groups excluding carboxylic acids is 3. The van der Waals surface area contributed by atoms with Gasteiger partial charge in [-0.2, -0.15) is 0 Å². The molecule has 1 N–H and O–H groups in total. The van der Waals surface area contributed by atoms with Crippen molar-refractivity contribution in [2.75, 3.05) is 10.2 Å². The third-order valence-electron chi connectivity index (χ3n) is 6.05. The molecule has 5 rings (SSSR count). The number of esters is 1. The second-order valence-electron chi connectivity index (χ2n) is 8.96. The number of amides is 2. The highest BCUT2D eigenvalue weighted by molar-refractivity contribution is 6.53. The Morgan fingerprint density at radius 2 is 1.37 bits per heavy atom. The van der Waals surface area contributed by atoms with Crippen LogP contribution in [-0.4, -0.2) is 17.8 Å². The summed E-state index contributed by atoms with van der Waals surface area (Å²) < 4.78 is 5.50. The molecule has 0 fully saturated rings. The predicted octanol–water partition coefficient (Wildman–Crippen LogP) is 6.63. The molecule has 4 aromatic rings. The van der Waals surface area contributed by atoms with Crippen molar-refractivity contribution < 1.29 is 19.1 Å². The summed E-state index contributed by atoms with van der Waals surface area (Å²) in [7, 11) is 0. The number of hydrogen-bond donors (Lipinski definition) is 1. The van der Waals surface area contributed by atoms with Gasteiger partial charge in [0.05, 0.1) is 11.3 Å². The van der Waals surface area contributed by atoms with E-state index >= 15 is 0 Å². The maximum Gasteiger partial charge on any atom is 0.343 e. The van der Waals surface area contributed by atoms with E-state index < -0.39 is 17.8 Å². The van der Waals surface area contributed by atoms with Crippen molar-refractivity contribution in [3.63, 3.8) is 0 Å². The fourth-order valence-electron chi connectivity index (χ4n) is 4.27. The molecule has 1 aliphatic heterocycles. The molecule has 0 aliphatic carbocycles. The average Bonchev–Trinajstić information content (AvgIpc) is 3.12. The number of imide groups is 1. The quantitative estimate of drug-likeness (QED) is 0.175. The zero-order valence-corrected chi connectivity index (χ0v) is 21.5. The molecule has 7 heteroatoms. The second-order valence-corrected chi connectivity index (χ2v) is 9.34. The zero-order chi connectivity index (χ0) is 26.8. The largest absolute Gasteiger partial charge is 0.423 e. The van der Waals surface area contributed by atoms with Crippen molar-refractivity contribution in [3.05, 3.63) is 124 Å². The summed E-state index contributed by atoms with van der Waals surface area (Å²) in [5, 5.41) is 2.72. The van der Waals surface area contributed by atoms with Gasteiger partial charge in [0.25, 0.3) is 11.8 Å². The van der Waals surface area contributed by atoms with Gasteiger partial charge >= 0.3 is 5.97 Å². The molecule has 38 heavy (non-hydrogen) atoms. The minimum absolute atomic E-state index is 0.0235. The van der Waals surface area contributed by atoms with Gasteiger partial charge in [0.15, 0.2) is 0 Å². The molecule has 2 amide bonds. The first-order chi connectivity index (χ1) is 18.3. The molecule has 1 heterocycles. The van der Waals surface area contributed by atoms with Crippen LogP contribution >= 0.6 is 11.6 Å². The van der Waals surface area contributed by atoms with Crippen molar-refractivity contribution in [1.82, 2.24) is 0 Å². The first-order valence-corrected chi connectivity index (χ1v) is 12.3. The van der Waals surface area contributed by atoms with Crippen LogP contribution in [0.5, 0.6) is 5.75 Å². The molecule has 0 atom stereocenters. The topological polar surface area (TPSA) is 75.7 Å². The SMILES string of the molecule is Cc1cc(C)cc(N2C(=O)C(Cl)=C(Nc3ccc(C(=O)Oc4ccc(-c5ccccc5)cc4)cc3)C2=O)c1. The number of benzene rings is 4. The Bertz CT molecular complexity index is 1560. The standard InChI is InChI=1S/C31H23ClN2O4/c1-19-16-20(2)18-25(17-19)34-29(35)27(32)28(30(34)36)33-24-12-8-23(9-13-24)31(37)38-26-14-10-22(11-15-26)21-6-4-3-5-7-21/h3-18,33H,1-2H3. The molecule has 0 spiro atoms. The van der Waals surface area contributed by atoms with Gasteiger partial charge in [-0.3, -0.25) is 9.59 Å². The molecule has 6 nitrogen and oxygen atoms in total. The van der Waals surface area contributed by atoms with E-state index in [4.69, 9.17) is 16.3 Å². The van der Waals surface area contributed by atoms with E-state index in [0.29, 0.717) is 22.7 Å². The Morgan fingerprint density at radius 3 is 2.00 bits per heavy atom. The number of halogens is 1. The van der Waals surface area contributed by atoms with Crippen molar-refractivity contribution in [2.24, 2.45) is 0 Å². The van der Waals surface area contributed by atoms with E-state index in [2.05, 4.69) is 5.32 Å². The Kier molecular flexibility index (Phi) is 6.81. The van der Waals surface area contributed by atoms with Gasteiger partial charge in [0.2, 0.25) is 0 Å². The number of nitrogens with zero attached hydrogens (tertiary/aromatic N) is 1. The van der Waals surface area contributed by atoms with E-state index in [1.807, 2.05) is 62.4 Å². The highest BCUT2D eigenvalue weighted by Gasteiger charge is 2.39. The lowest BCUT2D eigenvalue weighted by molar-refractivity contribution is -0.120. The third-order valence-corrected chi connectivity index (χ3v) is 6.40. The smallest absolute Gasteiger partial charge is 0.343 e. The number of aryl methyl sites for hydroxylation is 2. The van der Waals surface area contributed by atoms with Crippen molar-refractivity contribution in [1.29, 1.82) is 0 Å². The summed E-state index contributed by atoms with van der Waals surface area (Å²) in [6, 6.07) is 29.0. The normalized spacial score (nSPS) is 13.2. The fraction of sp³-hybridized carbons (Fsp3) is 0.0645. The van der Waals surface area contributed by atoms with Crippen LogP contribution in [0.2, 0.25) is 0 Å². The molecule has 0 saturated heterocycles. The van der Waals surface area contributed by atoms with Gasteiger partial charge in [-0.1, -0.05) is 60.1 Å². The molecule has 0 bridgehead atoms. The predicted molar refractivity (Wildman–Crippen MR) is 148 cm³/mol. The molecule has 0 unspecified atom stereocenters. The van der Waals surface area contributed by atoms with Crippen LogP contribution in [0.15, 0.2) is 108 Å². The number of nitrogens with one attached hydrogen (secondary N) is 1. The Morgan fingerprint density at radius 1 is 0.763 bits per heavy atom. The van der Waals surface area contributed by atoms with Crippen molar-refractivity contribution in [3.8, 4) is 16.9 Å². The number of carbonyl (C=O) groups is 3. The van der Waals surface area contributed by atoms with Crippen LogP contribution in [0, 0.1) is 13.8 Å². The van der Waals surface area contributed by atoms with Gasteiger partial charge in [0, 0.05) is 5.69 Å². The number of ether oxygens (including phenoxy) is 1. The summed E-state index contributed by atoms with van der Waals surface area (Å²) in [5.41, 5.74) is 5.19. The lowest BCUT2D eigenvalue weighted by Gasteiger charge is -2.16. The van der Waals surface area contributed by atoms with Crippen molar-refractivity contribution >= 4 is 40.8 Å². The highest BCUT2D eigenvalue weighted by Crippen LogP contribution is 2.31. The zero-order valence-electron chi connectivity index (χ0n) is 20.7. The first kappa shape index (κ1) is 25.0. The summed E-state index contributed by atoms with van der Waals surface area (Å²) >= 11 is 6.25. The van der Waals surface area contributed by atoms with Crippen LogP contribution in [0.25, 0.3) is 11.1 Å². The summed E-state index contributed by atoms with van der Waals surface area (Å²) in [6.45, 7) is 3.78. The third kappa shape index (κ3) is 5.08. The molecule has 4 aromatic carbocycles. The van der Waals surface area contributed by atoms with Crippen LogP contribution in [0.4, 0.5) is 11.4 Å². The lowest BCUT2D eigenvalue weighted by atomic mass is 10.1. The minimum Gasteiger partial charge on any atom is -0.423 e. The van der Waals surface area contributed by atoms with Crippen LogP contribution in [0.1, 0.15) is 21.5 Å². The van der Waals surface area contributed by atoms with E-state index in [1.165, 1.54) is 0 Å².